The second kappa shape index (κ2) is 4.19. The third kappa shape index (κ3) is 2.12. The molecule has 1 saturated heterocycles. The van der Waals surface area contributed by atoms with Crippen molar-refractivity contribution < 1.29 is 0 Å². The molecule has 0 spiro atoms. The fraction of sp³-hybridized carbons (Fsp3) is 1.00. The van der Waals surface area contributed by atoms with Crippen LogP contribution < -0.4 is 5.73 Å². The molecule has 14 heavy (non-hydrogen) atoms. The van der Waals surface area contributed by atoms with Crippen molar-refractivity contribution in [3.63, 3.8) is 0 Å². The van der Waals surface area contributed by atoms with Crippen LogP contribution in [0.15, 0.2) is 0 Å². The zero-order valence-corrected chi connectivity index (χ0v) is 10.4. The number of piperidine rings is 1. The molecule has 0 amide bonds. The first kappa shape index (κ1) is 12.0. The van der Waals surface area contributed by atoms with E-state index in [1.165, 1.54) is 6.42 Å². The SMILES string of the molecule is CCC(C)(C)N1CCC(N)C(C)C1C. The van der Waals surface area contributed by atoms with E-state index in [1.807, 2.05) is 0 Å². The summed E-state index contributed by atoms with van der Waals surface area (Å²) in [6, 6.07) is 1.02. The highest BCUT2D eigenvalue weighted by Gasteiger charge is 2.36. The van der Waals surface area contributed by atoms with E-state index in [2.05, 4.69) is 39.5 Å². The molecule has 0 saturated carbocycles. The third-order valence-corrected chi connectivity index (χ3v) is 4.27. The van der Waals surface area contributed by atoms with Crippen LogP contribution in [0.4, 0.5) is 0 Å². The van der Waals surface area contributed by atoms with Crippen LogP contribution in [0.1, 0.15) is 47.5 Å². The molecule has 1 aliphatic rings. The minimum absolute atomic E-state index is 0.327. The second-order valence-corrected chi connectivity index (χ2v) is 5.41. The van der Waals surface area contributed by atoms with Gasteiger partial charge in [-0.2, -0.15) is 0 Å². The Morgan fingerprint density at radius 3 is 2.43 bits per heavy atom. The van der Waals surface area contributed by atoms with Crippen molar-refractivity contribution in [3.8, 4) is 0 Å². The Labute approximate surface area is 88.8 Å². The summed E-state index contributed by atoms with van der Waals surface area (Å²) in [6.45, 7) is 12.7. The standard InChI is InChI=1S/C12H26N2/c1-6-12(4,5)14-8-7-11(13)9(2)10(14)3/h9-11H,6-8,13H2,1-5H3. The third-order valence-electron chi connectivity index (χ3n) is 4.27. The van der Waals surface area contributed by atoms with Gasteiger partial charge in [0.1, 0.15) is 0 Å². The summed E-state index contributed by atoms with van der Waals surface area (Å²) in [4.78, 5) is 2.63. The Bertz CT molecular complexity index is 189. The van der Waals surface area contributed by atoms with Crippen molar-refractivity contribution in [2.45, 2.75) is 65.1 Å². The Morgan fingerprint density at radius 1 is 1.36 bits per heavy atom. The smallest absolute Gasteiger partial charge is 0.0153 e. The molecule has 0 aliphatic carbocycles. The molecule has 0 bridgehead atoms. The van der Waals surface area contributed by atoms with E-state index < -0.39 is 0 Å². The van der Waals surface area contributed by atoms with Crippen molar-refractivity contribution in [1.82, 2.24) is 4.90 Å². The maximum absolute atomic E-state index is 6.09. The number of rotatable bonds is 2. The summed E-state index contributed by atoms with van der Waals surface area (Å²) in [5.74, 6) is 0.620. The first-order valence-corrected chi connectivity index (χ1v) is 5.92. The summed E-state index contributed by atoms with van der Waals surface area (Å²) in [5.41, 5.74) is 6.42. The van der Waals surface area contributed by atoms with Crippen molar-refractivity contribution in [2.75, 3.05) is 6.54 Å². The lowest BCUT2D eigenvalue weighted by Gasteiger charge is -2.49. The molecule has 2 heteroatoms. The number of nitrogens with two attached hydrogens (primary N) is 1. The fourth-order valence-corrected chi connectivity index (χ4v) is 2.45. The molecule has 1 heterocycles. The fourth-order valence-electron chi connectivity index (χ4n) is 2.45. The molecular formula is C12H26N2. The predicted molar refractivity (Wildman–Crippen MR) is 62.3 cm³/mol. The van der Waals surface area contributed by atoms with Gasteiger partial charge in [0.2, 0.25) is 0 Å². The van der Waals surface area contributed by atoms with Gasteiger partial charge in [0.25, 0.3) is 0 Å². The second-order valence-electron chi connectivity index (χ2n) is 5.41. The average Bonchev–Trinajstić information content (AvgIpc) is 2.14. The molecule has 2 nitrogen and oxygen atoms in total. The summed E-state index contributed by atoms with van der Waals surface area (Å²) >= 11 is 0. The molecule has 1 rings (SSSR count). The lowest BCUT2D eigenvalue weighted by Crippen LogP contribution is -2.58. The van der Waals surface area contributed by atoms with Crippen molar-refractivity contribution in [1.29, 1.82) is 0 Å². The van der Waals surface area contributed by atoms with Crippen LogP contribution in [0, 0.1) is 5.92 Å². The van der Waals surface area contributed by atoms with Crippen molar-refractivity contribution in [3.05, 3.63) is 0 Å². The van der Waals surface area contributed by atoms with E-state index in [4.69, 9.17) is 5.73 Å². The normalized spacial score (nSPS) is 36.0. The van der Waals surface area contributed by atoms with E-state index >= 15 is 0 Å². The molecule has 1 fully saturated rings. The van der Waals surface area contributed by atoms with E-state index in [0.717, 1.165) is 13.0 Å². The molecule has 0 radical (unpaired) electrons. The largest absolute Gasteiger partial charge is 0.327 e. The molecular weight excluding hydrogens is 172 g/mol. The minimum Gasteiger partial charge on any atom is -0.327 e. The Hall–Kier alpha value is -0.0800. The van der Waals surface area contributed by atoms with E-state index in [1.54, 1.807) is 0 Å². The maximum Gasteiger partial charge on any atom is 0.0153 e. The van der Waals surface area contributed by atoms with Gasteiger partial charge in [0.15, 0.2) is 0 Å². The highest BCUT2D eigenvalue weighted by Crippen LogP contribution is 2.30. The summed E-state index contributed by atoms with van der Waals surface area (Å²) in [6.07, 6.45) is 2.36. The van der Waals surface area contributed by atoms with Crippen LogP contribution in [0.2, 0.25) is 0 Å². The van der Waals surface area contributed by atoms with Gasteiger partial charge in [-0.05, 0) is 39.5 Å². The van der Waals surface area contributed by atoms with Gasteiger partial charge in [0, 0.05) is 24.2 Å². The number of hydrogen-bond donors (Lipinski definition) is 1. The number of hydrogen-bond acceptors (Lipinski definition) is 2. The van der Waals surface area contributed by atoms with E-state index in [0.29, 0.717) is 23.5 Å². The average molecular weight is 198 g/mol. The van der Waals surface area contributed by atoms with E-state index in [9.17, 15) is 0 Å². The van der Waals surface area contributed by atoms with Crippen LogP contribution in [0.5, 0.6) is 0 Å². The van der Waals surface area contributed by atoms with Crippen molar-refractivity contribution in [2.24, 2.45) is 11.7 Å². The van der Waals surface area contributed by atoms with Gasteiger partial charge in [-0.15, -0.1) is 0 Å². The van der Waals surface area contributed by atoms with Crippen LogP contribution >= 0.6 is 0 Å². The lowest BCUT2D eigenvalue weighted by atomic mass is 9.83. The van der Waals surface area contributed by atoms with Crippen LogP contribution in [0.25, 0.3) is 0 Å². The maximum atomic E-state index is 6.09. The molecule has 2 N–H and O–H groups in total. The highest BCUT2D eigenvalue weighted by atomic mass is 15.2. The van der Waals surface area contributed by atoms with Crippen LogP contribution in [0.3, 0.4) is 0 Å². The number of likely N-dealkylation sites (tertiary alicyclic amines) is 1. The van der Waals surface area contributed by atoms with Gasteiger partial charge in [-0.25, -0.2) is 0 Å². The van der Waals surface area contributed by atoms with Gasteiger partial charge in [-0.3, -0.25) is 4.90 Å². The Morgan fingerprint density at radius 2 is 1.93 bits per heavy atom. The molecule has 84 valence electrons. The predicted octanol–water partition coefficient (Wildman–Crippen LogP) is 2.23. The quantitative estimate of drug-likeness (QED) is 0.737. The monoisotopic (exact) mass is 198 g/mol. The first-order valence-electron chi connectivity index (χ1n) is 5.92. The molecule has 0 aromatic carbocycles. The molecule has 0 aromatic heterocycles. The summed E-state index contributed by atoms with van der Waals surface area (Å²) < 4.78 is 0. The topological polar surface area (TPSA) is 29.3 Å². The van der Waals surface area contributed by atoms with Crippen LogP contribution in [-0.2, 0) is 0 Å². The molecule has 1 aliphatic heterocycles. The van der Waals surface area contributed by atoms with Gasteiger partial charge >= 0.3 is 0 Å². The van der Waals surface area contributed by atoms with Crippen molar-refractivity contribution >= 4 is 0 Å². The van der Waals surface area contributed by atoms with Crippen LogP contribution in [-0.4, -0.2) is 29.1 Å². The number of nitrogens with zero attached hydrogens (tertiary/aromatic N) is 1. The zero-order chi connectivity index (χ0) is 10.9. The minimum atomic E-state index is 0.327. The Kier molecular flexibility index (Phi) is 3.59. The zero-order valence-electron chi connectivity index (χ0n) is 10.4. The lowest BCUT2D eigenvalue weighted by molar-refractivity contribution is 0.00957. The summed E-state index contributed by atoms with van der Waals surface area (Å²) in [5, 5.41) is 0. The first-order chi connectivity index (χ1) is 6.40. The van der Waals surface area contributed by atoms with Gasteiger partial charge < -0.3 is 5.73 Å². The summed E-state index contributed by atoms with van der Waals surface area (Å²) in [7, 11) is 0. The van der Waals surface area contributed by atoms with E-state index in [-0.39, 0.29) is 0 Å². The molecule has 3 atom stereocenters. The molecule has 0 aromatic rings. The van der Waals surface area contributed by atoms with Gasteiger partial charge in [0.05, 0.1) is 0 Å². The highest BCUT2D eigenvalue weighted by molar-refractivity contribution is 4.93. The Balaban J connectivity index is 2.72. The van der Waals surface area contributed by atoms with Gasteiger partial charge in [-0.1, -0.05) is 13.8 Å². The molecule has 3 unspecified atom stereocenters.